The van der Waals surface area contributed by atoms with Crippen LogP contribution in [0.25, 0.3) is 0 Å². The summed E-state index contributed by atoms with van der Waals surface area (Å²) in [6.45, 7) is 4.57. The van der Waals surface area contributed by atoms with Gasteiger partial charge in [0.25, 0.3) is 0 Å². The first-order valence-corrected chi connectivity index (χ1v) is 8.86. The molecule has 0 aromatic carbocycles. The molecule has 3 heterocycles. The molecule has 3 rings (SSSR count). The first-order valence-electron chi connectivity index (χ1n) is 7.63. The van der Waals surface area contributed by atoms with Gasteiger partial charge in [-0.2, -0.15) is 5.26 Å². The molecule has 0 aliphatic carbocycles. The van der Waals surface area contributed by atoms with Crippen molar-refractivity contribution >= 4 is 11.8 Å². The lowest BCUT2D eigenvalue weighted by molar-refractivity contribution is -0.108. The van der Waals surface area contributed by atoms with Crippen molar-refractivity contribution in [3.63, 3.8) is 0 Å². The normalized spacial score (nSPS) is 37.9. The minimum absolute atomic E-state index is 0.00775. The van der Waals surface area contributed by atoms with Gasteiger partial charge in [-0.15, -0.1) is 11.8 Å². The number of piperidine rings is 1. The lowest BCUT2D eigenvalue weighted by Gasteiger charge is -2.45. The predicted molar refractivity (Wildman–Crippen MR) is 79.8 cm³/mol. The van der Waals surface area contributed by atoms with E-state index in [1.807, 2.05) is 0 Å². The van der Waals surface area contributed by atoms with Gasteiger partial charge in [0, 0.05) is 38.8 Å². The SMILES string of the molecule is CSC1(C#N)CCN(C2CCOC3(CCOC3)C2)CC1. The largest absolute Gasteiger partial charge is 0.378 e. The molecule has 0 aromatic heterocycles. The van der Waals surface area contributed by atoms with Crippen LogP contribution in [0, 0.1) is 11.3 Å². The first-order chi connectivity index (χ1) is 9.71. The van der Waals surface area contributed by atoms with E-state index >= 15 is 0 Å². The van der Waals surface area contributed by atoms with Crippen molar-refractivity contribution in [2.75, 3.05) is 39.2 Å². The Balaban J connectivity index is 1.59. The Labute approximate surface area is 125 Å². The molecule has 0 amide bonds. The lowest BCUT2D eigenvalue weighted by Crippen LogP contribution is -2.53. The molecule has 0 N–H and O–H groups in total. The molecule has 112 valence electrons. The summed E-state index contributed by atoms with van der Waals surface area (Å²) in [5, 5.41) is 9.38. The maximum Gasteiger partial charge on any atom is 0.104 e. The number of nitriles is 1. The van der Waals surface area contributed by atoms with E-state index in [1.54, 1.807) is 11.8 Å². The van der Waals surface area contributed by atoms with Gasteiger partial charge >= 0.3 is 0 Å². The molecule has 3 saturated heterocycles. The van der Waals surface area contributed by atoms with E-state index in [-0.39, 0.29) is 10.3 Å². The molecule has 0 aromatic rings. The molecule has 0 saturated carbocycles. The van der Waals surface area contributed by atoms with Crippen LogP contribution in [0.3, 0.4) is 0 Å². The molecule has 20 heavy (non-hydrogen) atoms. The third-order valence-electron chi connectivity index (χ3n) is 5.25. The lowest BCUT2D eigenvalue weighted by atomic mass is 9.87. The van der Waals surface area contributed by atoms with Crippen LogP contribution in [-0.2, 0) is 9.47 Å². The molecule has 2 atom stereocenters. The van der Waals surface area contributed by atoms with Crippen LogP contribution in [0.5, 0.6) is 0 Å². The Morgan fingerprint density at radius 2 is 2.05 bits per heavy atom. The average molecular weight is 296 g/mol. The van der Waals surface area contributed by atoms with Gasteiger partial charge < -0.3 is 14.4 Å². The van der Waals surface area contributed by atoms with Gasteiger partial charge in [-0.05, 0) is 31.9 Å². The summed E-state index contributed by atoms with van der Waals surface area (Å²) < 4.78 is 11.4. The van der Waals surface area contributed by atoms with Crippen molar-refractivity contribution in [1.82, 2.24) is 4.90 Å². The van der Waals surface area contributed by atoms with Crippen molar-refractivity contribution in [3.8, 4) is 6.07 Å². The molecule has 0 radical (unpaired) electrons. The Hall–Kier alpha value is -0.280. The van der Waals surface area contributed by atoms with Crippen LogP contribution in [0.15, 0.2) is 0 Å². The second kappa shape index (κ2) is 5.84. The number of likely N-dealkylation sites (tertiary alicyclic amines) is 1. The van der Waals surface area contributed by atoms with Crippen molar-refractivity contribution in [2.24, 2.45) is 0 Å². The number of hydrogen-bond donors (Lipinski definition) is 0. The van der Waals surface area contributed by atoms with E-state index < -0.39 is 0 Å². The minimum atomic E-state index is -0.143. The van der Waals surface area contributed by atoms with Gasteiger partial charge in [-0.3, -0.25) is 0 Å². The van der Waals surface area contributed by atoms with Crippen LogP contribution in [0.1, 0.15) is 32.1 Å². The van der Waals surface area contributed by atoms with Gasteiger partial charge in [-0.1, -0.05) is 0 Å². The van der Waals surface area contributed by atoms with Gasteiger partial charge in [0.2, 0.25) is 0 Å². The maximum atomic E-state index is 9.38. The summed E-state index contributed by atoms with van der Waals surface area (Å²) in [7, 11) is 0. The quantitative estimate of drug-likeness (QED) is 0.780. The summed E-state index contributed by atoms with van der Waals surface area (Å²) in [5.41, 5.74) is -0.00775. The molecule has 4 nitrogen and oxygen atoms in total. The highest BCUT2D eigenvalue weighted by molar-refractivity contribution is 8.00. The van der Waals surface area contributed by atoms with Crippen LogP contribution in [0.2, 0.25) is 0 Å². The zero-order valence-corrected chi connectivity index (χ0v) is 13.1. The summed E-state index contributed by atoms with van der Waals surface area (Å²) in [5.74, 6) is 0. The van der Waals surface area contributed by atoms with Gasteiger partial charge in [-0.25, -0.2) is 0 Å². The second-order valence-corrected chi connectivity index (χ2v) is 7.52. The monoisotopic (exact) mass is 296 g/mol. The number of nitrogens with zero attached hydrogens (tertiary/aromatic N) is 2. The van der Waals surface area contributed by atoms with E-state index in [0.717, 1.165) is 65.0 Å². The zero-order valence-electron chi connectivity index (χ0n) is 12.3. The van der Waals surface area contributed by atoms with Gasteiger partial charge in [0.05, 0.1) is 18.3 Å². The fourth-order valence-corrected chi connectivity index (χ4v) is 4.47. The smallest absolute Gasteiger partial charge is 0.104 e. The van der Waals surface area contributed by atoms with E-state index in [2.05, 4.69) is 17.2 Å². The predicted octanol–water partition coefficient (Wildman–Crippen LogP) is 2.05. The highest BCUT2D eigenvalue weighted by Gasteiger charge is 2.44. The number of rotatable bonds is 2. The molecule has 2 unspecified atom stereocenters. The number of ether oxygens (including phenoxy) is 2. The van der Waals surface area contributed by atoms with Crippen molar-refractivity contribution in [1.29, 1.82) is 5.26 Å². The Kier molecular flexibility index (Phi) is 4.28. The molecule has 3 aliphatic rings. The fourth-order valence-electron chi connectivity index (χ4n) is 3.79. The van der Waals surface area contributed by atoms with E-state index in [0.29, 0.717) is 6.04 Å². The Morgan fingerprint density at radius 1 is 1.25 bits per heavy atom. The van der Waals surface area contributed by atoms with Crippen molar-refractivity contribution in [3.05, 3.63) is 0 Å². The van der Waals surface area contributed by atoms with Crippen molar-refractivity contribution in [2.45, 2.75) is 48.5 Å². The highest BCUT2D eigenvalue weighted by atomic mass is 32.2. The minimum Gasteiger partial charge on any atom is -0.378 e. The van der Waals surface area contributed by atoms with Crippen molar-refractivity contribution < 1.29 is 9.47 Å². The molecule has 3 fully saturated rings. The van der Waals surface area contributed by atoms with Gasteiger partial charge in [0.15, 0.2) is 0 Å². The molecule has 5 heteroatoms. The van der Waals surface area contributed by atoms with Gasteiger partial charge in [0.1, 0.15) is 4.75 Å². The number of thioether (sulfide) groups is 1. The average Bonchev–Trinajstić information content (AvgIpc) is 2.95. The Bertz CT molecular complexity index is 382. The summed E-state index contributed by atoms with van der Waals surface area (Å²) >= 11 is 1.73. The van der Waals surface area contributed by atoms with Crippen LogP contribution < -0.4 is 0 Å². The summed E-state index contributed by atoms with van der Waals surface area (Å²) in [4.78, 5) is 2.59. The molecular formula is C15H24N2O2S. The third kappa shape index (κ3) is 2.71. The Morgan fingerprint density at radius 3 is 2.65 bits per heavy atom. The summed E-state index contributed by atoms with van der Waals surface area (Å²) in [6.07, 6.45) is 7.33. The molecule has 0 bridgehead atoms. The summed E-state index contributed by atoms with van der Waals surface area (Å²) in [6, 6.07) is 3.15. The number of hydrogen-bond acceptors (Lipinski definition) is 5. The van der Waals surface area contributed by atoms with Crippen LogP contribution in [0.4, 0.5) is 0 Å². The molecule has 3 aliphatic heterocycles. The zero-order chi connectivity index (χ0) is 14.1. The second-order valence-electron chi connectivity index (χ2n) is 6.33. The van der Waals surface area contributed by atoms with E-state index in [9.17, 15) is 5.26 Å². The highest BCUT2D eigenvalue weighted by Crippen LogP contribution is 2.38. The maximum absolute atomic E-state index is 9.38. The van der Waals surface area contributed by atoms with Crippen LogP contribution in [-0.4, -0.2) is 60.5 Å². The van der Waals surface area contributed by atoms with Crippen LogP contribution >= 0.6 is 11.8 Å². The molecular weight excluding hydrogens is 272 g/mol. The van der Waals surface area contributed by atoms with E-state index in [4.69, 9.17) is 9.47 Å². The van der Waals surface area contributed by atoms with E-state index in [1.165, 1.54) is 0 Å². The first kappa shape index (κ1) is 14.6. The topological polar surface area (TPSA) is 45.5 Å². The fraction of sp³-hybridized carbons (Fsp3) is 0.933. The standard InChI is InChI=1S/C15H24N2O2S/c1-20-15(11-16)3-6-17(7-4-15)13-2-8-19-14(10-13)5-9-18-12-14/h13H,2-10,12H2,1H3. The third-order valence-corrected chi connectivity index (χ3v) is 6.53. The molecule has 1 spiro atoms.